The Morgan fingerprint density at radius 3 is 2.34 bits per heavy atom. The molecule has 2 amide bonds. The lowest BCUT2D eigenvalue weighted by atomic mass is 10.0. The molecular weight excluding hydrogens is 426 g/mol. The van der Waals surface area contributed by atoms with Crippen LogP contribution >= 0.6 is 11.3 Å². The normalized spacial score (nSPS) is 14.4. The van der Waals surface area contributed by atoms with E-state index in [-0.39, 0.29) is 11.5 Å². The van der Waals surface area contributed by atoms with E-state index in [1.165, 1.54) is 18.0 Å². The second kappa shape index (κ2) is 9.71. The molecule has 1 aromatic carbocycles. The van der Waals surface area contributed by atoms with Gasteiger partial charge < -0.3 is 9.80 Å². The lowest BCUT2D eigenvalue weighted by Crippen LogP contribution is -2.49. The van der Waals surface area contributed by atoms with Crippen molar-refractivity contribution in [1.82, 2.24) is 20.3 Å². The molecule has 0 unspecified atom stereocenters. The van der Waals surface area contributed by atoms with Gasteiger partial charge in [0, 0.05) is 49.0 Å². The molecule has 4 rings (SSSR count). The minimum Gasteiger partial charge on any atom is -0.337 e. The van der Waals surface area contributed by atoms with Crippen molar-refractivity contribution >= 4 is 40.7 Å². The summed E-state index contributed by atoms with van der Waals surface area (Å²) in [4.78, 5) is 38.2. The van der Waals surface area contributed by atoms with E-state index in [0.29, 0.717) is 37.7 Å². The average molecular weight is 450 g/mol. The maximum absolute atomic E-state index is 13.5. The highest BCUT2D eigenvalue weighted by Gasteiger charge is 2.25. The third-order valence-electron chi connectivity index (χ3n) is 5.20. The number of rotatable bonds is 5. The summed E-state index contributed by atoms with van der Waals surface area (Å²) in [6, 6.07) is 11.8. The number of piperazine rings is 1. The smallest absolute Gasteiger partial charge is 0.277 e. The first-order valence-electron chi connectivity index (χ1n) is 10.2. The van der Waals surface area contributed by atoms with Gasteiger partial charge in [-0.05, 0) is 35.6 Å². The molecule has 0 saturated carbocycles. The van der Waals surface area contributed by atoms with Crippen LogP contribution in [0.15, 0.2) is 54.2 Å². The van der Waals surface area contributed by atoms with E-state index in [1.54, 1.807) is 16.8 Å². The fourth-order valence-electron chi connectivity index (χ4n) is 3.50. The van der Waals surface area contributed by atoms with Gasteiger partial charge in [0.25, 0.3) is 11.8 Å². The highest BCUT2D eigenvalue weighted by Crippen LogP contribution is 2.25. The van der Waals surface area contributed by atoms with Gasteiger partial charge in [-0.2, -0.15) is 0 Å². The first-order valence-corrected chi connectivity index (χ1v) is 11.1. The van der Waals surface area contributed by atoms with Crippen molar-refractivity contribution < 1.29 is 14.8 Å². The van der Waals surface area contributed by atoms with Gasteiger partial charge in [-0.25, -0.2) is 15.4 Å². The van der Waals surface area contributed by atoms with Crippen LogP contribution in [0, 0.1) is 6.92 Å². The number of hydroxylamine groups is 1. The van der Waals surface area contributed by atoms with E-state index in [1.807, 2.05) is 53.1 Å². The fourth-order valence-corrected chi connectivity index (χ4v) is 4.33. The number of thiophene rings is 1. The summed E-state index contributed by atoms with van der Waals surface area (Å²) in [6.07, 6.45) is 4.70. The van der Waals surface area contributed by atoms with Gasteiger partial charge in [0.1, 0.15) is 0 Å². The molecule has 0 atom stereocenters. The number of hydrogen-bond donors (Lipinski definition) is 2. The molecule has 1 fully saturated rings. The SMILES string of the molecule is Cc1csc(C=C(C(=O)N2CCN(c3ncc(C(=O)NO)cn3)CC2)c2ccccc2)c1. The van der Waals surface area contributed by atoms with Crippen molar-refractivity contribution in [2.24, 2.45) is 0 Å². The van der Waals surface area contributed by atoms with Crippen molar-refractivity contribution in [3.05, 3.63) is 75.7 Å². The quantitative estimate of drug-likeness (QED) is 0.353. The van der Waals surface area contributed by atoms with Crippen LogP contribution in [0.4, 0.5) is 5.95 Å². The predicted octanol–water partition coefficient (Wildman–Crippen LogP) is 2.85. The maximum atomic E-state index is 13.5. The fraction of sp³-hybridized carbons (Fsp3) is 0.217. The third-order valence-corrected chi connectivity index (χ3v) is 6.20. The largest absolute Gasteiger partial charge is 0.337 e. The van der Waals surface area contributed by atoms with Crippen molar-refractivity contribution in [3.63, 3.8) is 0 Å². The van der Waals surface area contributed by atoms with Crippen LogP contribution in [0.3, 0.4) is 0 Å². The summed E-state index contributed by atoms with van der Waals surface area (Å²) in [6.45, 7) is 4.28. The van der Waals surface area contributed by atoms with Crippen molar-refractivity contribution in [2.75, 3.05) is 31.1 Å². The van der Waals surface area contributed by atoms with Gasteiger partial charge in [0.05, 0.1) is 5.56 Å². The van der Waals surface area contributed by atoms with Crippen molar-refractivity contribution in [1.29, 1.82) is 0 Å². The highest BCUT2D eigenvalue weighted by molar-refractivity contribution is 7.11. The van der Waals surface area contributed by atoms with Gasteiger partial charge in [0.2, 0.25) is 5.95 Å². The molecule has 0 bridgehead atoms. The second-order valence-electron chi connectivity index (χ2n) is 7.44. The molecule has 3 aromatic rings. The molecule has 164 valence electrons. The molecule has 0 spiro atoms. The number of aromatic nitrogens is 2. The molecule has 9 heteroatoms. The summed E-state index contributed by atoms with van der Waals surface area (Å²) in [5.41, 5.74) is 4.48. The Hall–Kier alpha value is -3.56. The number of hydrogen-bond acceptors (Lipinski definition) is 7. The molecule has 2 N–H and O–H groups in total. The number of amides is 2. The minimum atomic E-state index is -0.659. The van der Waals surface area contributed by atoms with Crippen LogP contribution in [0.25, 0.3) is 11.6 Å². The van der Waals surface area contributed by atoms with Gasteiger partial charge in [-0.1, -0.05) is 30.3 Å². The van der Waals surface area contributed by atoms with Gasteiger partial charge in [0.15, 0.2) is 0 Å². The lowest BCUT2D eigenvalue weighted by Gasteiger charge is -2.35. The Labute approximate surface area is 189 Å². The van der Waals surface area contributed by atoms with Crippen LogP contribution in [0.1, 0.15) is 26.4 Å². The number of benzene rings is 1. The minimum absolute atomic E-state index is 0.00205. The molecule has 8 nitrogen and oxygen atoms in total. The Kier molecular flexibility index (Phi) is 6.58. The Balaban J connectivity index is 1.48. The summed E-state index contributed by atoms with van der Waals surface area (Å²) in [7, 11) is 0. The molecular formula is C23H23N5O3S. The van der Waals surface area contributed by atoms with E-state index in [9.17, 15) is 9.59 Å². The van der Waals surface area contributed by atoms with Gasteiger partial charge in [-0.3, -0.25) is 14.8 Å². The zero-order chi connectivity index (χ0) is 22.5. The second-order valence-corrected chi connectivity index (χ2v) is 8.39. The summed E-state index contributed by atoms with van der Waals surface area (Å²) < 4.78 is 0. The Morgan fingerprint density at radius 1 is 1.06 bits per heavy atom. The average Bonchev–Trinajstić information content (AvgIpc) is 3.27. The van der Waals surface area contributed by atoms with E-state index in [2.05, 4.69) is 21.4 Å². The summed E-state index contributed by atoms with van der Waals surface area (Å²) >= 11 is 1.62. The van der Waals surface area contributed by atoms with Crippen molar-refractivity contribution in [2.45, 2.75) is 6.92 Å². The van der Waals surface area contributed by atoms with Crippen LogP contribution in [0.2, 0.25) is 0 Å². The van der Waals surface area contributed by atoms with E-state index in [4.69, 9.17) is 5.21 Å². The Morgan fingerprint density at radius 2 is 1.75 bits per heavy atom. The maximum Gasteiger partial charge on any atom is 0.277 e. The number of carbonyl (C=O) groups is 2. The first kappa shape index (κ1) is 21.7. The van der Waals surface area contributed by atoms with Gasteiger partial charge >= 0.3 is 0 Å². The van der Waals surface area contributed by atoms with Crippen LogP contribution in [-0.4, -0.2) is 58.1 Å². The van der Waals surface area contributed by atoms with Crippen LogP contribution in [-0.2, 0) is 4.79 Å². The zero-order valence-electron chi connectivity index (χ0n) is 17.6. The molecule has 32 heavy (non-hydrogen) atoms. The summed E-state index contributed by atoms with van der Waals surface area (Å²) in [5.74, 6) is -0.176. The third kappa shape index (κ3) is 4.84. The standard InChI is InChI=1S/C23H23N5O3S/c1-16-11-19(32-15-16)12-20(17-5-3-2-4-6-17)22(30)27-7-9-28(10-8-27)23-24-13-18(14-25-23)21(29)26-31/h2-6,11-15,31H,7-10H2,1H3,(H,26,29). The van der Waals surface area contributed by atoms with E-state index in [0.717, 1.165) is 10.4 Å². The number of carbonyl (C=O) groups excluding carboxylic acids is 2. The number of nitrogens with zero attached hydrogens (tertiary/aromatic N) is 4. The Bertz CT molecular complexity index is 1120. The first-order chi connectivity index (χ1) is 15.5. The van der Waals surface area contributed by atoms with Crippen molar-refractivity contribution in [3.8, 4) is 0 Å². The molecule has 3 heterocycles. The zero-order valence-corrected chi connectivity index (χ0v) is 18.4. The van der Waals surface area contributed by atoms with E-state index < -0.39 is 5.91 Å². The molecule has 1 aliphatic heterocycles. The molecule has 0 radical (unpaired) electrons. The topological polar surface area (TPSA) is 98.7 Å². The number of aryl methyl sites for hydroxylation is 1. The molecule has 1 saturated heterocycles. The molecule has 2 aromatic heterocycles. The highest BCUT2D eigenvalue weighted by atomic mass is 32.1. The van der Waals surface area contributed by atoms with Gasteiger partial charge in [-0.15, -0.1) is 11.3 Å². The lowest BCUT2D eigenvalue weighted by molar-refractivity contribution is -0.125. The number of anilines is 1. The number of nitrogens with one attached hydrogen (secondary N) is 1. The van der Waals surface area contributed by atoms with Crippen LogP contribution in [0.5, 0.6) is 0 Å². The molecule has 0 aliphatic carbocycles. The summed E-state index contributed by atoms with van der Waals surface area (Å²) in [5, 5.41) is 10.8. The monoisotopic (exact) mass is 449 g/mol. The van der Waals surface area contributed by atoms with Crippen LogP contribution < -0.4 is 10.4 Å². The van der Waals surface area contributed by atoms with E-state index >= 15 is 0 Å². The molecule has 1 aliphatic rings. The predicted molar refractivity (Wildman–Crippen MR) is 123 cm³/mol.